The number of rotatable bonds is 3. The molecule has 0 fully saturated rings. The van der Waals surface area contributed by atoms with Gasteiger partial charge in [-0.25, -0.2) is 4.98 Å². The molecule has 0 aliphatic heterocycles. The normalized spacial score (nSPS) is 10.3. The third kappa shape index (κ3) is 2.26. The summed E-state index contributed by atoms with van der Waals surface area (Å²) in [4.78, 5) is 4.50. The van der Waals surface area contributed by atoms with Gasteiger partial charge in [0.1, 0.15) is 11.7 Å². The molecule has 4 nitrogen and oxygen atoms in total. The lowest BCUT2D eigenvalue weighted by molar-refractivity contribution is 1.08. The Bertz CT molecular complexity index is 719. The van der Waals surface area contributed by atoms with Gasteiger partial charge in [0, 0.05) is 12.4 Å². The van der Waals surface area contributed by atoms with Crippen molar-refractivity contribution in [1.82, 2.24) is 9.38 Å². The lowest BCUT2D eigenvalue weighted by atomic mass is 10.2. The van der Waals surface area contributed by atoms with Gasteiger partial charge in [0.2, 0.25) is 0 Å². The maximum absolute atomic E-state index is 9.02. The second-order valence-corrected chi connectivity index (χ2v) is 4.21. The van der Waals surface area contributed by atoms with Crippen LogP contribution in [-0.2, 0) is 6.54 Å². The Morgan fingerprint density at radius 2 is 2.00 bits per heavy atom. The SMILES string of the molecule is N#Cc1ccccc1NCc1cn2ccccc2n1. The predicted octanol–water partition coefficient (Wildman–Crippen LogP) is 2.82. The van der Waals surface area contributed by atoms with E-state index in [1.807, 2.05) is 53.2 Å². The van der Waals surface area contributed by atoms with Gasteiger partial charge >= 0.3 is 0 Å². The molecule has 0 bridgehead atoms. The molecule has 2 heterocycles. The number of hydrogen-bond donors (Lipinski definition) is 1. The van der Waals surface area contributed by atoms with Crippen molar-refractivity contribution in [3.8, 4) is 6.07 Å². The quantitative estimate of drug-likeness (QED) is 0.775. The minimum atomic E-state index is 0.598. The zero-order valence-electron chi connectivity index (χ0n) is 10.2. The molecular formula is C15H12N4. The topological polar surface area (TPSA) is 53.1 Å². The van der Waals surface area contributed by atoms with E-state index >= 15 is 0 Å². The van der Waals surface area contributed by atoms with E-state index in [2.05, 4.69) is 16.4 Å². The van der Waals surface area contributed by atoms with Crippen molar-refractivity contribution in [2.45, 2.75) is 6.54 Å². The summed E-state index contributed by atoms with van der Waals surface area (Å²) in [5.74, 6) is 0. The van der Waals surface area contributed by atoms with E-state index in [-0.39, 0.29) is 0 Å². The number of imidazole rings is 1. The van der Waals surface area contributed by atoms with Crippen LogP contribution in [0, 0.1) is 11.3 Å². The molecule has 2 aromatic heterocycles. The van der Waals surface area contributed by atoms with Gasteiger partial charge in [-0.3, -0.25) is 0 Å². The Balaban J connectivity index is 1.81. The molecule has 1 aromatic carbocycles. The maximum Gasteiger partial charge on any atom is 0.137 e. The van der Waals surface area contributed by atoms with E-state index in [4.69, 9.17) is 5.26 Å². The number of anilines is 1. The minimum absolute atomic E-state index is 0.598. The van der Waals surface area contributed by atoms with Crippen molar-refractivity contribution in [2.24, 2.45) is 0 Å². The second kappa shape index (κ2) is 4.83. The summed E-state index contributed by atoms with van der Waals surface area (Å²) in [5, 5.41) is 12.3. The van der Waals surface area contributed by atoms with Gasteiger partial charge in [0.05, 0.1) is 23.5 Å². The molecule has 19 heavy (non-hydrogen) atoms. The number of nitriles is 1. The van der Waals surface area contributed by atoms with E-state index < -0.39 is 0 Å². The molecule has 3 rings (SSSR count). The molecular weight excluding hydrogens is 236 g/mol. The van der Waals surface area contributed by atoms with Crippen molar-refractivity contribution in [3.63, 3.8) is 0 Å². The van der Waals surface area contributed by atoms with Crippen LogP contribution in [0.5, 0.6) is 0 Å². The minimum Gasteiger partial charge on any atom is -0.378 e. The molecule has 92 valence electrons. The second-order valence-electron chi connectivity index (χ2n) is 4.21. The molecule has 0 unspecified atom stereocenters. The van der Waals surface area contributed by atoms with E-state index in [9.17, 15) is 0 Å². The van der Waals surface area contributed by atoms with Gasteiger partial charge in [-0.2, -0.15) is 5.26 Å². The van der Waals surface area contributed by atoms with Crippen LogP contribution in [0.15, 0.2) is 54.9 Å². The molecule has 0 aliphatic carbocycles. The van der Waals surface area contributed by atoms with Gasteiger partial charge in [0.25, 0.3) is 0 Å². The number of nitrogens with zero attached hydrogens (tertiary/aromatic N) is 3. The highest BCUT2D eigenvalue weighted by molar-refractivity contribution is 5.57. The van der Waals surface area contributed by atoms with E-state index in [0.717, 1.165) is 17.0 Å². The molecule has 0 radical (unpaired) electrons. The average Bonchev–Trinajstić information content (AvgIpc) is 2.88. The standard InChI is InChI=1S/C15H12N4/c16-9-12-5-1-2-6-14(12)17-10-13-11-19-8-4-3-7-15(19)18-13/h1-8,11,17H,10H2. The Morgan fingerprint density at radius 1 is 1.16 bits per heavy atom. The summed E-state index contributed by atoms with van der Waals surface area (Å²) in [6.07, 6.45) is 3.95. The molecule has 0 spiro atoms. The molecule has 3 aromatic rings. The van der Waals surface area contributed by atoms with Crippen LogP contribution < -0.4 is 5.32 Å². The number of para-hydroxylation sites is 1. The summed E-state index contributed by atoms with van der Waals surface area (Å²) in [6.45, 7) is 0.598. The van der Waals surface area contributed by atoms with E-state index in [1.54, 1.807) is 6.07 Å². The summed E-state index contributed by atoms with van der Waals surface area (Å²) >= 11 is 0. The zero-order valence-corrected chi connectivity index (χ0v) is 10.2. The van der Waals surface area contributed by atoms with Crippen LogP contribution in [-0.4, -0.2) is 9.38 Å². The smallest absolute Gasteiger partial charge is 0.137 e. The third-order valence-electron chi connectivity index (χ3n) is 2.92. The fourth-order valence-electron chi connectivity index (χ4n) is 1.99. The van der Waals surface area contributed by atoms with Crippen LogP contribution in [0.25, 0.3) is 5.65 Å². The lowest BCUT2D eigenvalue weighted by Gasteiger charge is -2.05. The number of hydrogen-bond acceptors (Lipinski definition) is 3. The van der Waals surface area contributed by atoms with E-state index in [1.165, 1.54) is 0 Å². The van der Waals surface area contributed by atoms with E-state index in [0.29, 0.717) is 12.1 Å². The lowest BCUT2D eigenvalue weighted by Crippen LogP contribution is -2.01. The van der Waals surface area contributed by atoms with Crippen molar-refractivity contribution in [2.75, 3.05) is 5.32 Å². The van der Waals surface area contributed by atoms with Crippen LogP contribution in [0.1, 0.15) is 11.3 Å². The predicted molar refractivity (Wildman–Crippen MR) is 73.7 cm³/mol. The number of fused-ring (bicyclic) bond motifs is 1. The van der Waals surface area contributed by atoms with Gasteiger partial charge in [-0.1, -0.05) is 18.2 Å². The maximum atomic E-state index is 9.02. The third-order valence-corrected chi connectivity index (χ3v) is 2.92. The summed E-state index contributed by atoms with van der Waals surface area (Å²) in [6, 6.07) is 15.5. The zero-order chi connectivity index (χ0) is 13.1. The Hall–Kier alpha value is -2.80. The van der Waals surface area contributed by atoms with Crippen LogP contribution in [0.3, 0.4) is 0 Å². The molecule has 4 heteroatoms. The number of nitrogens with one attached hydrogen (secondary N) is 1. The number of benzene rings is 1. The first-order valence-corrected chi connectivity index (χ1v) is 6.02. The molecule has 0 saturated carbocycles. The van der Waals surface area contributed by atoms with Crippen molar-refractivity contribution < 1.29 is 0 Å². The Morgan fingerprint density at radius 3 is 2.84 bits per heavy atom. The Kier molecular flexibility index (Phi) is 2.87. The summed E-state index contributed by atoms with van der Waals surface area (Å²) in [5.41, 5.74) is 3.35. The highest BCUT2D eigenvalue weighted by atomic mass is 15.0. The van der Waals surface area contributed by atoms with Crippen molar-refractivity contribution in [3.05, 3.63) is 66.1 Å². The first kappa shape index (κ1) is 11.3. The largest absolute Gasteiger partial charge is 0.378 e. The molecule has 0 amide bonds. The van der Waals surface area contributed by atoms with Gasteiger partial charge < -0.3 is 9.72 Å². The Labute approximate surface area is 110 Å². The molecule has 0 saturated heterocycles. The van der Waals surface area contributed by atoms with Crippen LogP contribution in [0.4, 0.5) is 5.69 Å². The summed E-state index contributed by atoms with van der Waals surface area (Å²) < 4.78 is 1.98. The van der Waals surface area contributed by atoms with Crippen LogP contribution >= 0.6 is 0 Å². The first-order chi connectivity index (χ1) is 9.36. The van der Waals surface area contributed by atoms with Gasteiger partial charge in [0.15, 0.2) is 0 Å². The molecule has 1 N–H and O–H groups in total. The van der Waals surface area contributed by atoms with Crippen LogP contribution in [0.2, 0.25) is 0 Å². The fraction of sp³-hybridized carbons (Fsp3) is 0.0667. The molecule has 0 atom stereocenters. The summed E-state index contributed by atoms with van der Waals surface area (Å²) in [7, 11) is 0. The number of pyridine rings is 1. The fourth-order valence-corrected chi connectivity index (χ4v) is 1.99. The highest BCUT2D eigenvalue weighted by Gasteiger charge is 2.03. The number of aromatic nitrogens is 2. The van der Waals surface area contributed by atoms with Crippen molar-refractivity contribution >= 4 is 11.3 Å². The average molecular weight is 248 g/mol. The van der Waals surface area contributed by atoms with Crippen molar-refractivity contribution in [1.29, 1.82) is 5.26 Å². The first-order valence-electron chi connectivity index (χ1n) is 6.02. The molecule has 0 aliphatic rings. The monoisotopic (exact) mass is 248 g/mol. The van der Waals surface area contributed by atoms with Gasteiger partial charge in [-0.05, 0) is 24.3 Å². The van der Waals surface area contributed by atoms with Gasteiger partial charge in [-0.15, -0.1) is 0 Å². The highest BCUT2D eigenvalue weighted by Crippen LogP contribution is 2.15.